The molecule has 8 heteroatoms. The zero-order chi connectivity index (χ0) is 16.6. The minimum absolute atomic E-state index is 0.253. The lowest BCUT2D eigenvalue weighted by atomic mass is 10.2. The van der Waals surface area contributed by atoms with Crippen molar-refractivity contribution < 1.29 is 8.42 Å². The molecule has 0 aromatic carbocycles. The molecule has 1 aliphatic heterocycles. The summed E-state index contributed by atoms with van der Waals surface area (Å²) >= 11 is 0. The van der Waals surface area contributed by atoms with E-state index in [9.17, 15) is 8.42 Å². The number of rotatable bonds is 4. The fraction of sp³-hybridized carbons (Fsp3) is 0.533. The van der Waals surface area contributed by atoms with Crippen LogP contribution in [0, 0.1) is 13.8 Å². The molecule has 1 atom stereocenters. The Balaban J connectivity index is 2.00. The quantitative estimate of drug-likeness (QED) is 0.851. The Morgan fingerprint density at radius 2 is 2.04 bits per heavy atom. The molecule has 0 bridgehead atoms. The maximum atomic E-state index is 13.1. The van der Waals surface area contributed by atoms with Gasteiger partial charge in [-0.3, -0.25) is 14.6 Å². The maximum absolute atomic E-state index is 13.1. The summed E-state index contributed by atoms with van der Waals surface area (Å²) in [7, 11) is -3.59. The van der Waals surface area contributed by atoms with Crippen molar-refractivity contribution in [2.75, 3.05) is 6.54 Å². The Bertz CT molecular complexity index is 815. The van der Waals surface area contributed by atoms with Gasteiger partial charge in [0, 0.05) is 19.3 Å². The highest BCUT2D eigenvalue weighted by atomic mass is 32.2. The maximum Gasteiger partial charge on any atom is 0.247 e. The van der Waals surface area contributed by atoms with Crippen LogP contribution in [0.3, 0.4) is 0 Å². The highest BCUT2D eigenvalue weighted by Gasteiger charge is 2.38. The Morgan fingerprint density at radius 3 is 2.70 bits per heavy atom. The van der Waals surface area contributed by atoms with Crippen LogP contribution in [0.5, 0.6) is 0 Å². The first-order chi connectivity index (χ1) is 10.9. The third-order valence-corrected chi connectivity index (χ3v) is 6.27. The molecule has 0 N–H and O–H groups in total. The normalized spacial score (nSPS) is 19.3. The van der Waals surface area contributed by atoms with E-state index in [2.05, 4.69) is 15.1 Å². The molecule has 23 heavy (non-hydrogen) atoms. The van der Waals surface area contributed by atoms with Crippen LogP contribution in [0.1, 0.15) is 42.9 Å². The highest BCUT2D eigenvalue weighted by Crippen LogP contribution is 2.36. The van der Waals surface area contributed by atoms with Gasteiger partial charge in [-0.05, 0) is 33.6 Å². The van der Waals surface area contributed by atoms with E-state index >= 15 is 0 Å². The van der Waals surface area contributed by atoms with Crippen molar-refractivity contribution in [1.82, 2.24) is 24.1 Å². The molecule has 1 aliphatic rings. The minimum Gasteiger partial charge on any atom is -0.269 e. The molecule has 7 nitrogen and oxygen atoms in total. The van der Waals surface area contributed by atoms with E-state index in [0.29, 0.717) is 24.5 Å². The molecule has 1 fully saturated rings. The van der Waals surface area contributed by atoms with E-state index in [-0.39, 0.29) is 10.9 Å². The van der Waals surface area contributed by atoms with Crippen LogP contribution < -0.4 is 0 Å². The Kier molecular flexibility index (Phi) is 4.20. The lowest BCUT2D eigenvalue weighted by Crippen LogP contribution is -2.31. The summed E-state index contributed by atoms with van der Waals surface area (Å²) in [6, 6.07) is -0.253. The number of hydrogen-bond donors (Lipinski definition) is 0. The molecule has 0 aliphatic carbocycles. The molecule has 0 amide bonds. The fourth-order valence-electron chi connectivity index (χ4n) is 3.09. The number of aromatic nitrogens is 4. The summed E-state index contributed by atoms with van der Waals surface area (Å²) in [5.74, 6) is 0. The van der Waals surface area contributed by atoms with Gasteiger partial charge in [-0.25, -0.2) is 8.42 Å². The van der Waals surface area contributed by atoms with Crippen LogP contribution in [-0.2, 0) is 16.6 Å². The Hall–Kier alpha value is -1.80. The molecule has 0 saturated carbocycles. The van der Waals surface area contributed by atoms with E-state index < -0.39 is 10.0 Å². The molecule has 0 radical (unpaired) electrons. The van der Waals surface area contributed by atoms with Gasteiger partial charge in [0.05, 0.1) is 35.5 Å². The van der Waals surface area contributed by atoms with Gasteiger partial charge in [-0.2, -0.15) is 9.40 Å². The summed E-state index contributed by atoms with van der Waals surface area (Å²) < 4.78 is 29.4. The second-order valence-electron chi connectivity index (χ2n) is 5.77. The second-order valence-corrected chi connectivity index (χ2v) is 7.63. The van der Waals surface area contributed by atoms with Gasteiger partial charge in [0.25, 0.3) is 0 Å². The van der Waals surface area contributed by atoms with E-state index in [1.165, 1.54) is 6.20 Å². The number of nitrogens with zero attached hydrogens (tertiary/aromatic N) is 5. The van der Waals surface area contributed by atoms with Crippen LogP contribution in [0.15, 0.2) is 23.5 Å². The average Bonchev–Trinajstić information content (AvgIpc) is 3.14. The predicted octanol–water partition coefficient (Wildman–Crippen LogP) is 1.84. The lowest BCUT2D eigenvalue weighted by Gasteiger charge is -2.23. The molecular weight excluding hydrogens is 314 g/mol. The smallest absolute Gasteiger partial charge is 0.247 e. The first kappa shape index (κ1) is 16.1. The van der Waals surface area contributed by atoms with Crippen molar-refractivity contribution >= 4 is 10.0 Å². The van der Waals surface area contributed by atoms with Crippen molar-refractivity contribution in [3.63, 3.8) is 0 Å². The van der Waals surface area contributed by atoms with Crippen LogP contribution in [0.25, 0.3) is 0 Å². The minimum atomic E-state index is -3.59. The molecule has 3 rings (SSSR count). The Labute approximate surface area is 136 Å². The molecule has 2 aromatic heterocycles. The van der Waals surface area contributed by atoms with Crippen LogP contribution in [-0.4, -0.2) is 39.0 Å². The molecule has 2 aromatic rings. The third-order valence-electron chi connectivity index (χ3n) is 4.26. The zero-order valence-electron chi connectivity index (χ0n) is 13.6. The van der Waals surface area contributed by atoms with Gasteiger partial charge in [0.2, 0.25) is 10.0 Å². The van der Waals surface area contributed by atoms with Gasteiger partial charge in [-0.15, -0.1) is 0 Å². The molecular formula is C15H21N5O2S. The van der Waals surface area contributed by atoms with E-state index in [0.717, 1.165) is 18.5 Å². The fourth-order valence-corrected chi connectivity index (χ4v) is 4.92. The van der Waals surface area contributed by atoms with Crippen molar-refractivity contribution in [2.24, 2.45) is 0 Å². The second kappa shape index (κ2) is 6.01. The van der Waals surface area contributed by atoms with Crippen molar-refractivity contribution in [2.45, 2.75) is 51.1 Å². The van der Waals surface area contributed by atoms with Crippen molar-refractivity contribution in [3.8, 4) is 0 Å². The highest BCUT2D eigenvalue weighted by molar-refractivity contribution is 7.89. The van der Waals surface area contributed by atoms with Gasteiger partial charge in [0.1, 0.15) is 4.90 Å². The van der Waals surface area contributed by atoms with Crippen molar-refractivity contribution in [3.05, 3.63) is 35.7 Å². The topological polar surface area (TPSA) is 81.0 Å². The largest absolute Gasteiger partial charge is 0.269 e. The van der Waals surface area contributed by atoms with Crippen molar-refractivity contribution in [1.29, 1.82) is 0 Å². The average molecular weight is 335 g/mol. The predicted molar refractivity (Wildman–Crippen MR) is 85.3 cm³/mol. The first-order valence-corrected chi connectivity index (χ1v) is 9.22. The molecule has 1 unspecified atom stereocenters. The number of sulfonamides is 1. The SMILES string of the molecule is CCn1ncc(S(=O)(=O)N2CCCC2c2cncc(C)n2)c1C. The summed E-state index contributed by atoms with van der Waals surface area (Å²) in [4.78, 5) is 8.90. The van der Waals surface area contributed by atoms with Crippen LogP contribution in [0.4, 0.5) is 0 Å². The van der Waals surface area contributed by atoms with Gasteiger partial charge in [-0.1, -0.05) is 0 Å². The lowest BCUT2D eigenvalue weighted by molar-refractivity contribution is 0.389. The summed E-state index contributed by atoms with van der Waals surface area (Å²) in [5, 5.41) is 4.17. The summed E-state index contributed by atoms with van der Waals surface area (Å²) in [6.45, 7) is 6.74. The standard InChI is InChI=1S/C15H21N5O2S/c1-4-19-12(3)15(10-17-19)23(21,22)20-7-5-6-14(20)13-9-16-8-11(2)18-13/h8-10,14H,4-7H2,1-3H3. The molecule has 0 spiro atoms. The summed E-state index contributed by atoms with van der Waals surface area (Å²) in [5.41, 5.74) is 2.18. The molecule has 3 heterocycles. The van der Waals surface area contributed by atoms with E-state index in [1.54, 1.807) is 28.3 Å². The number of aryl methyl sites for hydroxylation is 2. The first-order valence-electron chi connectivity index (χ1n) is 7.78. The van der Waals surface area contributed by atoms with Gasteiger partial charge >= 0.3 is 0 Å². The molecule has 1 saturated heterocycles. The van der Waals surface area contributed by atoms with Gasteiger partial charge in [0.15, 0.2) is 0 Å². The molecule has 124 valence electrons. The summed E-state index contributed by atoms with van der Waals surface area (Å²) in [6.07, 6.45) is 6.37. The third kappa shape index (κ3) is 2.76. The number of hydrogen-bond acceptors (Lipinski definition) is 5. The van der Waals surface area contributed by atoms with Gasteiger partial charge < -0.3 is 0 Å². The Morgan fingerprint density at radius 1 is 1.26 bits per heavy atom. The zero-order valence-corrected chi connectivity index (χ0v) is 14.4. The van der Waals surface area contributed by atoms with Crippen LogP contribution in [0.2, 0.25) is 0 Å². The monoisotopic (exact) mass is 335 g/mol. The van der Waals surface area contributed by atoms with E-state index in [1.807, 2.05) is 13.8 Å². The van der Waals surface area contributed by atoms with E-state index in [4.69, 9.17) is 0 Å². The van der Waals surface area contributed by atoms with Crippen LogP contribution >= 0.6 is 0 Å².